The van der Waals surface area contributed by atoms with Crippen LogP contribution in [-0.4, -0.2) is 41.3 Å². The standard InChI is InChI=1S/C9H17N5O2/c1-9(2,5-15-3)14-7-11-6(10)12-8(13-7)16-4/h5H2,1-4H3,(H3,10,11,12,13,14). The SMILES string of the molecule is COCC(C)(C)Nc1nc(N)nc(OC)n1. The van der Waals surface area contributed by atoms with Crippen molar-refractivity contribution in [3.8, 4) is 6.01 Å². The minimum atomic E-state index is -0.298. The first kappa shape index (κ1) is 12.4. The van der Waals surface area contributed by atoms with E-state index in [4.69, 9.17) is 15.2 Å². The van der Waals surface area contributed by atoms with E-state index in [9.17, 15) is 0 Å². The molecule has 1 aromatic rings. The van der Waals surface area contributed by atoms with Gasteiger partial charge < -0.3 is 20.5 Å². The number of hydrogen-bond acceptors (Lipinski definition) is 7. The number of methoxy groups -OCH3 is 2. The maximum atomic E-state index is 5.51. The second kappa shape index (κ2) is 4.93. The number of hydrogen-bond donors (Lipinski definition) is 2. The normalized spacial score (nSPS) is 11.2. The summed E-state index contributed by atoms with van der Waals surface area (Å²) in [5.74, 6) is 0.481. The molecule has 0 radical (unpaired) electrons. The van der Waals surface area contributed by atoms with Crippen LogP contribution in [0.5, 0.6) is 6.01 Å². The number of ether oxygens (including phenoxy) is 2. The summed E-state index contributed by atoms with van der Waals surface area (Å²) in [5.41, 5.74) is 5.22. The molecule has 0 bridgehead atoms. The van der Waals surface area contributed by atoms with Crippen LogP contribution in [0.25, 0.3) is 0 Å². The topological polar surface area (TPSA) is 95.2 Å². The van der Waals surface area contributed by atoms with Crippen LogP contribution in [0.4, 0.5) is 11.9 Å². The van der Waals surface area contributed by atoms with Crippen molar-refractivity contribution in [2.24, 2.45) is 0 Å². The Morgan fingerprint density at radius 1 is 1.25 bits per heavy atom. The van der Waals surface area contributed by atoms with Crippen molar-refractivity contribution in [3.05, 3.63) is 0 Å². The summed E-state index contributed by atoms with van der Waals surface area (Å²) in [4.78, 5) is 11.8. The highest BCUT2D eigenvalue weighted by atomic mass is 16.5. The molecule has 0 fully saturated rings. The van der Waals surface area contributed by atoms with E-state index in [1.54, 1.807) is 7.11 Å². The Hall–Kier alpha value is -1.63. The Morgan fingerprint density at radius 2 is 1.94 bits per heavy atom. The van der Waals surface area contributed by atoms with Crippen molar-refractivity contribution < 1.29 is 9.47 Å². The van der Waals surface area contributed by atoms with Gasteiger partial charge in [0.25, 0.3) is 0 Å². The fraction of sp³-hybridized carbons (Fsp3) is 0.667. The zero-order valence-electron chi connectivity index (χ0n) is 9.94. The molecule has 0 atom stereocenters. The van der Waals surface area contributed by atoms with Gasteiger partial charge in [0.05, 0.1) is 19.3 Å². The van der Waals surface area contributed by atoms with E-state index in [-0.39, 0.29) is 17.5 Å². The van der Waals surface area contributed by atoms with E-state index >= 15 is 0 Å². The summed E-state index contributed by atoms with van der Waals surface area (Å²) < 4.78 is 9.97. The molecule has 0 aliphatic heterocycles. The number of nitrogen functional groups attached to an aromatic ring is 1. The molecule has 1 aromatic heterocycles. The molecule has 0 amide bonds. The van der Waals surface area contributed by atoms with E-state index in [2.05, 4.69) is 20.3 Å². The third-order valence-corrected chi connectivity index (χ3v) is 1.77. The maximum Gasteiger partial charge on any atom is 0.322 e. The maximum absolute atomic E-state index is 5.51. The van der Waals surface area contributed by atoms with Gasteiger partial charge in [0.2, 0.25) is 11.9 Å². The van der Waals surface area contributed by atoms with Crippen molar-refractivity contribution in [2.45, 2.75) is 19.4 Å². The number of rotatable bonds is 5. The first-order chi connectivity index (χ1) is 7.46. The van der Waals surface area contributed by atoms with E-state index in [1.165, 1.54) is 7.11 Å². The molecule has 7 nitrogen and oxygen atoms in total. The molecule has 1 heterocycles. The Balaban J connectivity index is 2.84. The van der Waals surface area contributed by atoms with Crippen LogP contribution < -0.4 is 15.8 Å². The first-order valence-corrected chi connectivity index (χ1v) is 4.79. The number of nitrogens with one attached hydrogen (secondary N) is 1. The van der Waals surface area contributed by atoms with Gasteiger partial charge in [0, 0.05) is 7.11 Å². The highest BCUT2D eigenvalue weighted by Crippen LogP contribution is 2.14. The molecule has 0 aliphatic rings. The molecule has 0 unspecified atom stereocenters. The molecule has 0 saturated heterocycles. The zero-order chi connectivity index (χ0) is 12.2. The van der Waals surface area contributed by atoms with Crippen LogP contribution in [0, 0.1) is 0 Å². The predicted molar refractivity (Wildman–Crippen MR) is 60.4 cm³/mol. The molecule has 0 aliphatic carbocycles. The molecule has 7 heteroatoms. The third kappa shape index (κ3) is 3.50. The summed E-state index contributed by atoms with van der Waals surface area (Å²) in [6, 6.07) is 0.184. The smallest absolute Gasteiger partial charge is 0.322 e. The number of anilines is 2. The summed E-state index contributed by atoms with van der Waals surface area (Å²) in [6.07, 6.45) is 0. The van der Waals surface area contributed by atoms with Crippen LogP contribution in [-0.2, 0) is 4.74 Å². The average Bonchev–Trinajstić information content (AvgIpc) is 2.15. The Bertz CT molecular complexity index is 356. The minimum absolute atomic E-state index is 0.113. The molecule has 0 spiro atoms. The Morgan fingerprint density at radius 3 is 2.50 bits per heavy atom. The molecular weight excluding hydrogens is 210 g/mol. The van der Waals surface area contributed by atoms with E-state index < -0.39 is 0 Å². The second-order valence-electron chi connectivity index (χ2n) is 3.95. The molecule has 1 rings (SSSR count). The number of aromatic nitrogens is 3. The van der Waals surface area contributed by atoms with Crippen molar-refractivity contribution in [1.29, 1.82) is 0 Å². The van der Waals surface area contributed by atoms with E-state index in [0.29, 0.717) is 12.6 Å². The Labute approximate surface area is 94.4 Å². The van der Waals surface area contributed by atoms with Crippen LogP contribution in [0.1, 0.15) is 13.8 Å². The summed E-state index contributed by atoms with van der Waals surface area (Å²) in [6.45, 7) is 4.44. The highest BCUT2D eigenvalue weighted by Gasteiger charge is 2.19. The minimum Gasteiger partial charge on any atom is -0.467 e. The third-order valence-electron chi connectivity index (χ3n) is 1.77. The zero-order valence-corrected chi connectivity index (χ0v) is 9.94. The quantitative estimate of drug-likeness (QED) is 0.746. The van der Waals surface area contributed by atoms with Gasteiger partial charge in [-0.3, -0.25) is 0 Å². The predicted octanol–water partition coefficient (Wildman–Crippen LogP) is 0.299. The van der Waals surface area contributed by atoms with Gasteiger partial charge in [0.1, 0.15) is 0 Å². The van der Waals surface area contributed by atoms with Crippen molar-refractivity contribution in [2.75, 3.05) is 31.9 Å². The molecule has 3 N–H and O–H groups in total. The van der Waals surface area contributed by atoms with Crippen LogP contribution in [0.3, 0.4) is 0 Å². The highest BCUT2D eigenvalue weighted by molar-refractivity contribution is 5.34. The van der Waals surface area contributed by atoms with Crippen LogP contribution in [0.15, 0.2) is 0 Å². The molecule has 0 aromatic carbocycles. The van der Waals surface area contributed by atoms with Crippen molar-refractivity contribution in [3.63, 3.8) is 0 Å². The largest absolute Gasteiger partial charge is 0.467 e. The van der Waals surface area contributed by atoms with Gasteiger partial charge in [0.15, 0.2) is 0 Å². The Kier molecular flexibility index (Phi) is 3.83. The lowest BCUT2D eigenvalue weighted by molar-refractivity contribution is 0.157. The lowest BCUT2D eigenvalue weighted by Crippen LogP contribution is -2.36. The fourth-order valence-electron chi connectivity index (χ4n) is 1.22. The molecule has 16 heavy (non-hydrogen) atoms. The van der Waals surface area contributed by atoms with Crippen LogP contribution in [0.2, 0.25) is 0 Å². The molecule has 90 valence electrons. The van der Waals surface area contributed by atoms with Gasteiger partial charge in [-0.15, -0.1) is 0 Å². The van der Waals surface area contributed by atoms with Crippen molar-refractivity contribution in [1.82, 2.24) is 15.0 Å². The molecular formula is C9H17N5O2. The van der Waals surface area contributed by atoms with Gasteiger partial charge >= 0.3 is 6.01 Å². The summed E-state index contributed by atoms with van der Waals surface area (Å²) >= 11 is 0. The average molecular weight is 227 g/mol. The van der Waals surface area contributed by atoms with Crippen LogP contribution >= 0.6 is 0 Å². The van der Waals surface area contributed by atoms with Gasteiger partial charge in [-0.2, -0.15) is 15.0 Å². The summed E-state index contributed by atoms with van der Waals surface area (Å²) in [5, 5.41) is 3.09. The number of nitrogens with zero attached hydrogens (tertiary/aromatic N) is 3. The van der Waals surface area contributed by atoms with Gasteiger partial charge in [-0.25, -0.2) is 0 Å². The lowest BCUT2D eigenvalue weighted by Gasteiger charge is -2.25. The fourth-order valence-corrected chi connectivity index (χ4v) is 1.22. The van der Waals surface area contributed by atoms with Gasteiger partial charge in [-0.05, 0) is 13.8 Å². The molecule has 0 saturated carbocycles. The van der Waals surface area contributed by atoms with E-state index in [0.717, 1.165) is 0 Å². The number of nitrogens with two attached hydrogens (primary N) is 1. The lowest BCUT2D eigenvalue weighted by atomic mass is 10.1. The first-order valence-electron chi connectivity index (χ1n) is 4.79. The second-order valence-corrected chi connectivity index (χ2v) is 3.95. The summed E-state index contributed by atoms with van der Waals surface area (Å²) in [7, 11) is 3.10. The van der Waals surface area contributed by atoms with Crippen molar-refractivity contribution >= 4 is 11.9 Å². The monoisotopic (exact) mass is 227 g/mol. The van der Waals surface area contributed by atoms with E-state index in [1.807, 2.05) is 13.8 Å². The van der Waals surface area contributed by atoms with Gasteiger partial charge in [-0.1, -0.05) is 0 Å².